The van der Waals surface area contributed by atoms with Gasteiger partial charge in [-0.05, 0) is 36.4 Å². The van der Waals surface area contributed by atoms with Crippen molar-refractivity contribution < 1.29 is 13.2 Å². The van der Waals surface area contributed by atoms with Crippen LogP contribution < -0.4 is 0 Å². The predicted molar refractivity (Wildman–Crippen MR) is 71.4 cm³/mol. The van der Waals surface area contributed by atoms with Crippen LogP contribution in [0.15, 0.2) is 42.5 Å². The van der Waals surface area contributed by atoms with Gasteiger partial charge in [0, 0.05) is 5.56 Å². The summed E-state index contributed by atoms with van der Waals surface area (Å²) in [5.41, 5.74) is 0.612. The molecule has 0 bridgehead atoms. The minimum Gasteiger partial charge on any atom is -0.211 e. The van der Waals surface area contributed by atoms with E-state index in [-0.39, 0.29) is 17.0 Å². The zero-order valence-corrected chi connectivity index (χ0v) is 11.0. The Morgan fingerprint density at radius 3 is 2.50 bits per heavy atom. The Kier molecular flexibility index (Phi) is 3.35. The lowest BCUT2D eigenvalue weighted by Gasteiger charge is -2.07. The summed E-state index contributed by atoms with van der Waals surface area (Å²) < 4.78 is 41.1. The van der Waals surface area contributed by atoms with Gasteiger partial charge in [-0.15, -0.1) is 5.10 Å². The van der Waals surface area contributed by atoms with Crippen LogP contribution >= 0.6 is 0 Å². The number of hydrogen-bond acceptors (Lipinski definition) is 3. The Morgan fingerprint density at radius 2 is 1.82 bits per heavy atom. The minimum atomic E-state index is -1.06. The molecule has 1 heterocycles. The molecule has 108 valence electrons. The molecule has 22 heavy (non-hydrogen) atoms. The molecule has 0 spiro atoms. The fraction of sp³-hybridized carbons (Fsp3) is 0. The molecule has 0 fully saturated rings. The molecule has 0 saturated heterocycles. The van der Waals surface area contributed by atoms with E-state index in [1.54, 1.807) is 6.07 Å². The normalized spacial score (nSPS) is 10.5. The third kappa shape index (κ3) is 2.31. The van der Waals surface area contributed by atoms with Gasteiger partial charge < -0.3 is 0 Å². The average molecular weight is 300 g/mol. The average Bonchev–Trinajstić information content (AvgIpc) is 2.94. The van der Waals surface area contributed by atoms with Gasteiger partial charge in [-0.2, -0.15) is 5.26 Å². The van der Waals surface area contributed by atoms with Crippen LogP contribution in [-0.4, -0.2) is 15.0 Å². The summed E-state index contributed by atoms with van der Waals surface area (Å²) in [6, 6.07) is 10.5. The van der Waals surface area contributed by atoms with Gasteiger partial charge in [-0.25, -0.2) is 17.9 Å². The second-order valence-electron chi connectivity index (χ2n) is 4.42. The maximum atomic E-state index is 13.4. The topological polar surface area (TPSA) is 54.5 Å². The SMILES string of the molecule is N#Cc1nnn(-c2cccc(F)c2)c1-c1ccc(F)c(F)c1. The first-order valence-electron chi connectivity index (χ1n) is 6.17. The fourth-order valence-corrected chi connectivity index (χ4v) is 2.05. The van der Waals surface area contributed by atoms with E-state index in [0.29, 0.717) is 5.69 Å². The molecule has 0 unspecified atom stereocenters. The molecule has 0 aliphatic heterocycles. The van der Waals surface area contributed by atoms with Gasteiger partial charge in [-0.1, -0.05) is 11.3 Å². The van der Waals surface area contributed by atoms with E-state index in [0.717, 1.165) is 12.1 Å². The summed E-state index contributed by atoms with van der Waals surface area (Å²) in [5, 5.41) is 16.6. The molecule has 0 radical (unpaired) electrons. The summed E-state index contributed by atoms with van der Waals surface area (Å²) in [6.07, 6.45) is 0. The fourth-order valence-electron chi connectivity index (χ4n) is 2.05. The number of rotatable bonds is 2. The number of nitriles is 1. The quantitative estimate of drug-likeness (QED) is 0.730. The molecule has 0 N–H and O–H groups in total. The van der Waals surface area contributed by atoms with Crippen LogP contribution in [0.4, 0.5) is 13.2 Å². The lowest BCUT2D eigenvalue weighted by Crippen LogP contribution is -2.01. The Hall–Kier alpha value is -3.14. The van der Waals surface area contributed by atoms with Crippen LogP contribution in [0.1, 0.15) is 5.69 Å². The van der Waals surface area contributed by atoms with Gasteiger partial charge in [0.05, 0.1) is 5.69 Å². The van der Waals surface area contributed by atoms with Crippen molar-refractivity contribution in [3.8, 4) is 23.0 Å². The standard InChI is InChI=1S/C15H7F3N4/c16-10-2-1-3-11(7-10)22-15(14(8-19)20-21-22)9-4-5-12(17)13(18)6-9/h1-7H. The summed E-state index contributed by atoms with van der Waals surface area (Å²) in [5.74, 6) is -2.57. The van der Waals surface area contributed by atoms with Gasteiger partial charge in [-0.3, -0.25) is 0 Å². The van der Waals surface area contributed by atoms with E-state index >= 15 is 0 Å². The number of aromatic nitrogens is 3. The second kappa shape index (κ2) is 5.33. The molecule has 1 aromatic heterocycles. The van der Waals surface area contributed by atoms with Gasteiger partial charge in [0.1, 0.15) is 17.6 Å². The molecule has 3 rings (SSSR count). The zero-order chi connectivity index (χ0) is 15.7. The number of hydrogen-bond donors (Lipinski definition) is 0. The van der Waals surface area contributed by atoms with Crippen molar-refractivity contribution in [1.29, 1.82) is 5.26 Å². The maximum absolute atomic E-state index is 13.4. The highest BCUT2D eigenvalue weighted by molar-refractivity contribution is 5.67. The molecule has 0 aliphatic carbocycles. The monoisotopic (exact) mass is 300 g/mol. The van der Waals surface area contributed by atoms with Crippen molar-refractivity contribution in [2.24, 2.45) is 0 Å². The second-order valence-corrected chi connectivity index (χ2v) is 4.42. The van der Waals surface area contributed by atoms with Gasteiger partial charge in [0.2, 0.25) is 0 Å². The van der Waals surface area contributed by atoms with Crippen LogP contribution in [0, 0.1) is 28.8 Å². The lowest BCUT2D eigenvalue weighted by atomic mass is 10.1. The van der Waals surface area contributed by atoms with Crippen molar-refractivity contribution in [2.45, 2.75) is 0 Å². The van der Waals surface area contributed by atoms with E-state index in [1.807, 2.05) is 6.07 Å². The van der Waals surface area contributed by atoms with Crippen LogP contribution in [-0.2, 0) is 0 Å². The first-order chi connectivity index (χ1) is 10.6. The minimum absolute atomic E-state index is 0.0738. The first kappa shape index (κ1) is 13.8. The third-order valence-electron chi connectivity index (χ3n) is 3.02. The molecule has 3 aromatic rings. The lowest BCUT2D eigenvalue weighted by molar-refractivity contribution is 0.509. The Bertz CT molecular complexity index is 896. The summed E-state index contributed by atoms with van der Waals surface area (Å²) in [4.78, 5) is 0. The van der Waals surface area contributed by atoms with Gasteiger partial charge in [0.15, 0.2) is 17.3 Å². The molecule has 4 nitrogen and oxygen atoms in total. The Balaban J connectivity index is 2.24. The van der Waals surface area contributed by atoms with Crippen molar-refractivity contribution in [3.05, 3.63) is 65.6 Å². The number of halogens is 3. The molecular weight excluding hydrogens is 293 g/mol. The highest BCUT2D eigenvalue weighted by Crippen LogP contribution is 2.26. The molecular formula is C15H7F3N4. The highest BCUT2D eigenvalue weighted by Gasteiger charge is 2.18. The van der Waals surface area contributed by atoms with Crippen LogP contribution in [0.5, 0.6) is 0 Å². The molecule has 7 heteroatoms. The molecule has 0 aliphatic rings. The maximum Gasteiger partial charge on any atom is 0.191 e. The molecule has 2 aromatic carbocycles. The number of nitrogens with zero attached hydrogens (tertiary/aromatic N) is 4. The largest absolute Gasteiger partial charge is 0.211 e. The summed E-state index contributed by atoms with van der Waals surface area (Å²) >= 11 is 0. The summed E-state index contributed by atoms with van der Waals surface area (Å²) in [7, 11) is 0. The van der Waals surface area contributed by atoms with Crippen molar-refractivity contribution in [2.75, 3.05) is 0 Å². The molecule has 0 saturated carbocycles. The Labute approximate surface area is 123 Å². The first-order valence-corrected chi connectivity index (χ1v) is 6.17. The smallest absolute Gasteiger partial charge is 0.191 e. The van der Waals surface area contributed by atoms with Crippen molar-refractivity contribution in [3.63, 3.8) is 0 Å². The Morgan fingerprint density at radius 1 is 1.00 bits per heavy atom. The van der Waals surface area contributed by atoms with Crippen molar-refractivity contribution in [1.82, 2.24) is 15.0 Å². The van der Waals surface area contributed by atoms with Crippen LogP contribution in [0.25, 0.3) is 16.9 Å². The van der Waals surface area contributed by atoms with Crippen LogP contribution in [0.2, 0.25) is 0 Å². The van der Waals surface area contributed by atoms with Gasteiger partial charge >= 0.3 is 0 Å². The van der Waals surface area contributed by atoms with Crippen LogP contribution in [0.3, 0.4) is 0 Å². The van der Waals surface area contributed by atoms with Crippen molar-refractivity contribution >= 4 is 0 Å². The van der Waals surface area contributed by atoms with E-state index < -0.39 is 17.5 Å². The van der Waals surface area contributed by atoms with Gasteiger partial charge in [0.25, 0.3) is 0 Å². The van der Waals surface area contributed by atoms with E-state index in [1.165, 1.54) is 28.9 Å². The molecule has 0 amide bonds. The predicted octanol–water partition coefficient (Wildman–Crippen LogP) is 3.22. The number of benzene rings is 2. The van der Waals surface area contributed by atoms with E-state index in [2.05, 4.69) is 10.3 Å². The highest BCUT2D eigenvalue weighted by atomic mass is 19.2. The molecule has 0 atom stereocenters. The van der Waals surface area contributed by atoms with E-state index in [4.69, 9.17) is 5.26 Å². The zero-order valence-electron chi connectivity index (χ0n) is 11.0. The third-order valence-corrected chi connectivity index (χ3v) is 3.02. The van der Waals surface area contributed by atoms with E-state index in [9.17, 15) is 13.2 Å². The summed E-state index contributed by atoms with van der Waals surface area (Å²) in [6.45, 7) is 0.